The Labute approximate surface area is 164 Å². The van der Waals surface area contributed by atoms with Crippen molar-refractivity contribution in [1.82, 2.24) is 15.1 Å². The molecule has 0 unspecified atom stereocenters. The molecule has 0 bridgehead atoms. The number of rotatable bonds is 8. The van der Waals surface area contributed by atoms with E-state index in [9.17, 15) is 4.79 Å². The molecule has 27 heavy (non-hydrogen) atoms. The first-order chi connectivity index (χ1) is 13.2. The molecule has 1 saturated carbocycles. The summed E-state index contributed by atoms with van der Waals surface area (Å²) in [5.41, 5.74) is 1.13. The number of hydrogen-bond acceptors (Lipinski definition) is 6. The topological polar surface area (TPSA) is 68.5 Å². The second kappa shape index (κ2) is 9.78. The SMILES string of the molecule is CCN(C(=O)CSc1nnc(COc2cccc(C)c2)o1)C1CCCCC1. The smallest absolute Gasteiger partial charge is 0.277 e. The Morgan fingerprint density at radius 3 is 2.85 bits per heavy atom. The summed E-state index contributed by atoms with van der Waals surface area (Å²) < 4.78 is 11.3. The van der Waals surface area contributed by atoms with Crippen LogP contribution in [0.4, 0.5) is 0 Å². The zero-order valence-electron chi connectivity index (χ0n) is 16.0. The number of ether oxygens (including phenoxy) is 1. The molecule has 1 aliphatic carbocycles. The summed E-state index contributed by atoms with van der Waals surface area (Å²) in [5.74, 6) is 1.64. The number of hydrogen-bond donors (Lipinski definition) is 0. The van der Waals surface area contributed by atoms with Crippen LogP contribution in [-0.2, 0) is 11.4 Å². The average Bonchev–Trinajstić information content (AvgIpc) is 3.14. The summed E-state index contributed by atoms with van der Waals surface area (Å²) in [6.45, 7) is 5.03. The number of aryl methyl sites for hydroxylation is 1. The standard InChI is InChI=1S/C20H27N3O3S/c1-3-23(16-9-5-4-6-10-16)19(24)14-27-20-22-21-18(26-20)13-25-17-11-7-8-15(2)12-17/h7-8,11-12,16H,3-6,9-10,13-14H2,1-2H3. The number of thioether (sulfide) groups is 1. The maximum atomic E-state index is 12.6. The van der Waals surface area contributed by atoms with Gasteiger partial charge in [-0.2, -0.15) is 0 Å². The molecule has 0 radical (unpaired) electrons. The first kappa shape index (κ1) is 19.7. The third kappa shape index (κ3) is 5.73. The highest BCUT2D eigenvalue weighted by Gasteiger charge is 2.24. The molecule has 1 aromatic heterocycles. The zero-order chi connectivity index (χ0) is 19.1. The summed E-state index contributed by atoms with van der Waals surface area (Å²) in [4.78, 5) is 14.6. The molecular weight excluding hydrogens is 362 g/mol. The van der Waals surface area contributed by atoms with Gasteiger partial charge in [-0.25, -0.2) is 0 Å². The lowest BCUT2D eigenvalue weighted by Crippen LogP contribution is -2.42. The van der Waals surface area contributed by atoms with Crippen LogP contribution in [-0.4, -0.2) is 39.3 Å². The van der Waals surface area contributed by atoms with Crippen molar-refractivity contribution >= 4 is 17.7 Å². The number of benzene rings is 1. The molecule has 1 fully saturated rings. The quantitative estimate of drug-likeness (QED) is 0.629. The van der Waals surface area contributed by atoms with Gasteiger partial charge in [-0.05, 0) is 44.4 Å². The minimum atomic E-state index is 0.144. The third-order valence-corrected chi connectivity index (χ3v) is 5.60. The van der Waals surface area contributed by atoms with Crippen molar-refractivity contribution < 1.29 is 13.9 Å². The highest BCUT2D eigenvalue weighted by atomic mass is 32.2. The number of aromatic nitrogens is 2. The van der Waals surface area contributed by atoms with Crippen molar-refractivity contribution in [3.63, 3.8) is 0 Å². The van der Waals surface area contributed by atoms with Crippen LogP contribution in [0, 0.1) is 6.92 Å². The Bertz CT molecular complexity index is 744. The normalized spacial score (nSPS) is 14.9. The van der Waals surface area contributed by atoms with E-state index in [0.29, 0.717) is 22.9 Å². The van der Waals surface area contributed by atoms with E-state index in [2.05, 4.69) is 10.2 Å². The van der Waals surface area contributed by atoms with Crippen LogP contribution in [0.2, 0.25) is 0 Å². The molecular formula is C20H27N3O3S. The minimum absolute atomic E-state index is 0.144. The van der Waals surface area contributed by atoms with Gasteiger partial charge in [0.1, 0.15) is 5.75 Å². The monoisotopic (exact) mass is 389 g/mol. The number of amides is 1. The lowest BCUT2D eigenvalue weighted by molar-refractivity contribution is -0.131. The molecule has 2 aromatic rings. The first-order valence-corrected chi connectivity index (χ1v) is 10.6. The van der Waals surface area contributed by atoms with Crippen LogP contribution >= 0.6 is 11.8 Å². The van der Waals surface area contributed by atoms with Gasteiger partial charge in [-0.3, -0.25) is 4.79 Å². The van der Waals surface area contributed by atoms with Gasteiger partial charge < -0.3 is 14.1 Å². The van der Waals surface area contributed by atoms with Crippen molar-refractivity contribution in [3.05, 3.63) is 35.7 Å². The van der Waals surface area contributed by atoms with Crippen LogP contribution in [0.5, 0.6) is 5.75 Å². The number of nitrogens with zero attached hydrogens (tertiary/aromatic N) is 3. The van der Waals surface area contributed by atoms with Gasteiger partial charge in [0.2, 0.25) is 5.91 Å². The lowest BCUT2D eigenvalue weighted by atomic mass is 9.94. The third-order valence-electron chi connectivity index (χ3n) is 4.80. The van der Waals surface area contributed by atoms with Gasteiger partial charge in [-0.15, -0.1) is 10.2 Å². The molecule has 6 nitrogen and oxygen atoms in total. The molecule has 0 saturated heterocycles. The van der Waals surface area contributed by atoms with E-state index in [1.54, 1.807) is 0 Å². The van der Waals surface area contributed by atoms with Crippen LogP contribution in [0.25, 0.3) is 0 Å². The largest absolute Gasteiger partial charge is 0.484 e. The van der Waals surface area contributed by atoms with Crippen LogP contribution in [0.1, 0.15) is 50.5 Å². The number of carbonyl (C=O) groups excluding carboxylic acids is 1. The van der Waals surface area contributed by atoms with Gasteiger partial charge in [-0.1, -0.05) is 43.2 Å². The molecule has 1 aliphatic rings. The Kier molecular flexibility index (Phi) is 7.15. The molecule has 3 rings (SSSR count). The van der Waals surface area contributed by atoms with E-state index in [0.717, 1.165) is 30.7 Å². The summed E-state index contributed by atoms with van der Waals surface area (Å²) in [6.07, 6.45) is 5.95. The van der Waals surface area contributed by atoms with Crippen molar-refractivity contribution in [2.24, 2.45) is 0 Å². The predicted octanol–water partition coefficient (Wildman–Crippen LogP) is 4.23. The second-order valence-corrected chi connectivity index (χ2v) is 7.75. The van der Waals surface area contributed by atoms with E-state index in [1.165, 1.54) is 31.0 Å². The van der Waals surface area contributed by atoms with Gasteiger partial charge in [0.25, 0.3) is 11.1 Å². The summed E-state index contributed by atoms with van der Waals surface area (Å²) in [7, 11) is 0. The van der Waals surface area contributed by atoms with Crippen LogP contribution < -0.4 is 4.74 Å². The van der Waals surface area contributed by atoms with E-state index in [-0.39, 0.29) is 12.5 Å². The molecule has 0 atom stereocenters. The van der Waals surface area contributed by atoms with E-state index >= 15 is 0 Å². The predicted molar refractivity (Wildman–Crippen MR) is 105 cm³/mol. The fourth-order valence-electron chi connectivity index (χ4n) is 3.44. The molecule has 0 spiro atoms. The Hall–Kier alpha value is -2.02. The van der Waals surface area contributed by atoms with Crippen molar-refractivity contribution in [3.8, 4) is 5.75 Å². The number of carbonyl (C=O) groups is 1. The fraction of sp³-hybridized carbons (Fsp3) is 0.550. The van der Waals surface area contributed by atoms with E-state index < -0.39 is 0 Å². The van der Waals surface area contributed by atoms with Crippen LogP contribution in [0.3, 0.4) is 0 Å². The van der Waals surface area contributed by atoms with Crippen molar-refractivity contribution in [1.29, 1.82) is 0 Å². The zero-order valence-corrected chi connectivity index (χ0v) is 16.8. The maximum Gasteiger partial charge on any atom is 0.277 e. The Morgan fingerprint density at radius 2 is 2.11 bits per heavy atom. The maximum absolute atomic E-state index is 12.6. The molecule has 7 heteroatoms. The lowest BCUT2D eigenvalue weighted by Gasteiger charge is -2.33. The summed E-state index contributed by atoms with van der Waals surface area (Å²) in [5, 5.41) is 8.42. The van der Waals surface area contributed by atoms with Gasteiger partial charge >= 0.3 is 0 Å². The van der Waals surface area contributed by atoms with Gasteiger partial charge in [0.15, 0.2) is 6.61 Å². The second-order valence-electron chi connectivity index (χ2n) is 6.83. The van der Waals surface area contributed by atoms with Crippen LogP contribution in [0.15, 0.2) is 33.9 Å². The molecule has 0 aliphatic heterocycles. The van der Waals surface area contributed by atoms with E-state index in [1.807, 2.05) is 43.0 Å². The molecule has 1 aromatic carbocycles. The fourth-order valence-corrected chi connectivity index (χ4v) is 4.11. The Balaban J connectivity index is 1.47. The average molecular weight is 390 g/mol. The molecule has 0 N–H and O–H groups in total. The molecule has 146 valence electrons. The highest BCUT2D eigenvalue weighted by Crippen LogP contribution is 2.24. The summed E-state index contributed by atoms with van der Waals surface area (Å²) >= 11 is 1.29. The summed E-state index contributed by atoms with van der Waals surface area (Å²) in [6, 6.07) is 8.19. The van der Waals surface area contributed by atoms with Crippen molar-refractivity contribution in [2.45, 2.75) is 63.8 Å². The minimum Gasteiger partial charge on any atom is -0.484 e. The molecule has 1 amide bonds. The highest BCUT2D eigenvalue weighted by molar-refractivity contribution is 7.99. The molecule has 1 heterocycles. The van der Waals surface area contributed by atoms with Gasteiger partial charge in [0, 0.05) is 12.6 Å². The van der Waals surface area contributed by atoms with Gasteiger partial charge in [0.05, 0.1) is 5.75 Å². The Morgan fingerprint density at radius 1 is 1.30 bits per heavy atom. The van der Waals surface area contributed by atoms with E-state index in [4.69, 9.17) is 9.15 Å². The first-order valence-electron chi connectivity index (χ1n) is 9.60. The van der Waals surface area contributed by atoms with Crippen molar-refractivity contribution in [2.75, 3.05) is 12.3 Å².